The van der Waals surface area contributed by atoms with Gasteiger partial charge in [-0.05, 0) is 36.2 Å². The van der Waals surface area contributed by atoms with E-state index in [2.05, 4.69) is 29.8 Å². The predicted molar refractivity (Wildman–Crippen MR) is 95.1 cm³/mol. The third-order valence-corrected chi connectivity index (χ3v) is 7.63. The van der Waals surface area contributed by atoms with Gasteiger partial charge in [-0.1, -0.05) is 60.1 Å². The number of fused-ring (bicyclic) bond motifs is 1. The van der Waals surface area contributed by atoms with Crippen LogP contribution in [0.1, 0.15) is 44.8 Å². The van der Waals surface area contributed by atoms with Gasteiger partial charge in [-0.3, -0.25) is 4.79 Å². The molecule has 1 heterocycles. The lowest BCUT2D eigenvalue weighted by Gasteiger charge is -2.42. The van der Waals surface area contributed by atoms with Crippen LogP contribution in [0.3, 0.4) is 0 Å². The Balaban J connectivity index is 1.66. The average Bonchev–Trinajstić information content (AvgIpc) is 3.12. The lowest BCUT2D eigenvalue weighted by atomic mass is 9.74. The smallest absolute Gasteiger partial charge is 0.417 e. The molecule has 134 valence electrons. The SMILES string of the molecule is CC1(C)C2CCC13C(C2)OC(=O)N3C(=O)[C@H](Br)[C@@H](O)c1ccccc1. The van der Waals surface area contributed by atoms with Gasteiger partial charge in [0.25, 0.3) is 0 Å². The molecule has 2 bridgehead atoms. The molecule has 5 atom stereocenters. The predicted octanol–water partition coefficient (Wildman–Crippen LogP) is 3.41. The molecule has 1 aromatic rings. The van der Waals surface area contributed by atoms with E-state index in [1.54, 1.807) is 12.1 Å². The van der Waals surface area contributed by atoms with E-state index in [0.29, 0.717) is 11.5 Å². The van der Waals surface area contributed by atoms with Gasteiger partial charge in [-0.2, -0.15) is 0 Å². The number of hydrogen-bond acceptors (Lipinski definition) is 4. The zero-order valence-electron chi connectivity index (χ0n) is 14.3. The summed E-state index contributed by atoms with van der Waals surface area (Å²) >= 11 is 3.34. The highest BCUT2D eigenvalue weighted by molar-refractivity contribution is 9.10. The van der Waals surface area contributed by atoms with Gasteiger partial charge in [0.1, 0.15) is 17.0 Å². The molecule has 2 saturated carbocycles. The summed E-state index contributed by atoms with van der Waals surface area (Å²) in [5.74, 6) is 0.0354. The maximum absolute atomic E-state index is 13.2. The number of carbonyl (C=O) groups is 2. The molecular formula is C19H22BrNO4. The minimum atomic E-state index is -1.03. The summed E-state index contributed by atoms with van der Waals surface area (Å²) in [4.78, 5) is 26.2. The second-order valence-corrected chi connectivity index (χ2v) is 8.91. The molecule has 3 aliphatic rings. The molecule has 0 radical (unpaired) electrons. The number of rotatable bonds is 3. The molecule has 25 heavy (non-hydrogen) atoms. The second-order valence-electron chi connectivity index (χ2n) is 7.92. The summed E-state index contributed by atoms with van der Waals surface area (Å²) in [6, 6.07) is 9.00. The van der Waals surface area contributed by atoms with Crippen LogP contribution in [0.5, 0.6) is 0 Å². The Morgan fingerprint density at radius 3 is 2.68 bits per heavy atom. The molecule has 5 nitrogen and oxygen atoms in total. The van der Waals surface area contributed by atoms with Crippen molar-refractivity contribution in [3.8, 4) is 0 Å². The van der Waals surface area contributed by atoms with Crippen LogP contribution in [0.2, 0.25) is 0 Å². The first-order valence-corrected chi connectivity index (χ1v) is 9.64. The molecule has 3 unspecified atom stereocenters. The van der Waals surface area contributed by atoms with Crippen molar-refractivity contribution < 1.29 is 19.4 Å². The highest BCUT2D eigenvalue weighted by Crippen LogP contribution is 2.66. The molecule has 2 amide bonds. The summed E-state index contributed by atoms with van der Waals surface area (Å²) < 4.78 is 5.58. The van der Waals surface area contributed by atoms with Crippen molar-refractivity contribution in [2.75, 3.05) is 0 Å². The number of amides is 2. The monoisotopic (exact) mass is 407 g/mol. The first-order chi connectivity index (χ1) is 11.8. The third kappa shape index (κ3) is 2.10. The largest absolute Gasteiger partial charge is 0.443 e. The Morgan fingerprint density at radius 2 is 2.04 bits per heavy atom. The Morgan fingerprint density at radius 1 is 1.36 bits per heavy atom. The summed E-state index contributed by atoms with van der Waals surface area (Å²) in [6.45, 7) is 4.26. The lowest BCUT2D eigenvalue weighted by Crippen LogP contribution is -2.59. The highest BCUT2D eigenvalue weighted by atomic mass is 79.9. The van der Waals surface area contributed by atoms with Crippen molar-refractivity contribution in [1.29, 1.82) is 0 Å². The third-order valence-electron chi connectivity index (χ3n) is 6.74. The fraction of sp³-hybridized carbons (Fsp3) is 0.579. The fourth-order valence-corrected chi connectivity index (χ4v) is 5.77. The molecule has 3 fully saturated rings. The number of aliphatic hydroxyl groups excluding tert-OH is 1. The Hall–Kier alpha value is -1.40. The molecule has 4 rings (SSSR count). The molecular weight excluding hydrogens is 386 g/mol. The molecule has 2 aliphatic carbocycles. The van der Waals surface area contributed by atoms with Crippen molar-refractivity contribution in [2.24, 2.45) is 11.3 Å². The number of imide groups is 1. The minimum Gasteiger partial charge on any atom is -0.443 e. The second kappa shape index (κ2) is 5.55. The van der Waals surface area contributed by atoms with Crippen LogP contribution in [0.25, 0.3) is 0 Å². The summed E-state index contributed by atoms with van der Waals surface area (Å²) in [5.41, 5.74) is -0.132. The van der Waals surface area contributed by atoms with Crippen LogP contribution < -0.4 is 0 Å². The normalized spacial score (nSPS) is 34.6. The maximum atomic E-state index is 13.2. The number of nitrogens with zero attached hydrogens (tertiary/aromatic N) is 1. The van der Waals surface area contributed by atoms with Gasteiger partial charge < -0.3 is 9.84 Å². The zero-order valence-corrected chi connectivity index (χ0v) is 15.9. The van der Waals surface area contributed by atoms with Crippen molar-refractivity contribution in [3.05, 3.63) is 35.9 Å². The van der Waals surface area contributed by atoms with E-state index in [-0.39, 0.29) is 11.5 Å². The van der Waals surface area contributed by atoms with Crippen LogP contribution in [-0.4, -0.2) is 38.5 Å². The number of benzene rings is 1. The molecule has 1 N–H and O–H groups in total. The standard InChI is InChI=1S/C19H22BrNO4/c1-18(2)12-8-9-19(18)13(10-12)25-17(24)21(19)16(23)14(20)15(22)11-6-4-3-5-7-11/h3-7,12-15,22H,8-10H2,1-2H3/t12?,13?,14-,15+,19?/m1/s1. The molecule has 1 spiro atoms. The molecule has 1 aromatic carbocycles. The van der Waals surface area contributed by atoms with Crippen molar-refractivity contribution in [2.45, 2.75) is 55.7 Å². The molecule has 1 aliphatic heterocycles. The average molecular weight is 408 g/mol. The van der Waals surface area contributed by atoms with Crippen molar-refractivity contribution >= 4 is 27.9 Å². The van der Waals surface area contributed by atoms with Crippen LogP contribution >= 0.6 is 15.9 Å². The van der Waals surface area contributed by atoms with E-state index in [1.807, 2.05) is 18.2 Å². The van der Waals surface area contributed by atoms with Crippen LogP contribution in [0, 0.1) is 11.3 Å². The Kier molecular flexibility index (Phi) is 3.78. The fourth-order valence-electron chi connectivity index (χ4n) is 5.26. The van der Waals surface area contributed by atoms with Gasteiger partial charge in [0.05, 0.1) is 5.54 Å². The van der Waals surface area contributed by atoms with Crippen LogP contribution in [0.4, 0.5) is 4.79 Å². The highest BCUT2D eigenvalue weighted by Gasteiger charge is 2.74. The quantitative estimate of drug-likeness (QED) is 0.779. The Labute approximate surface area is 155 Å². The number of aliphatic hydroxyl groups is 1. The molecule has 6 heteroatoms. The number of carbonyl (C=O) groups excluding carboxylic acids is 2. The van der Waals surface area contributed by atoms with E-state index in [0.717, 1.165) is 19.3 Å². The molecule has 1 saturated heterocycles. The summed E-state index contributed by atoms with van der Waals surface area (Å²) in [6.07, 6.45) is 0.751. The number of halogens is 1. The van der Waals surface area contributed by atoms with E-state index in [4.69, 9.17) is 4.74 Å². The first-order valence-electron chi connectivity index (χ1n) is 8.72. The van der Waals surface area contributed by atoms with E-state index in [1.165, 1.54) is 4.90 Å². The number of hydrogen-bond donors (Lipinski definition) is 1. The number of ether oxygens (including phenoxy) is 1. The van der Waals surface area contributed by atoms with Gasteiger partial charge in [0.15, 0.2) is 0 Å². The van der Waals surface area contributed by atoms with E-state index in [9.17, 15) is 14.7 Å². The summed E-state index contributed by atoms with van der Waals surface area (Å²) in [5, 5.41) is 10.6. The van der Waals surface area contributed by atoms with Gasteiger partial charge in [-0.25, -0.2) is 9.69 Å². The topological polar surface area (TPSA) is 66.8 Å². The van der Waals surface area contributed by atoms with E-state index < -0.39 is 28.5 Å². The number of alkyl halides is 1. The van der Waals surface area contributed by atoms with Crippen LogP contribution in [0.15, 0.2) is 30.3 Å². The summed E-state index contributed by atoms with van der Waals surface area (Å²) in [7, 11) is 0. The van der Waals surface area contributed by atoms with Gasteiger partial charge in [-0.15, -0.1) is 0 Å². The van der Waals surface area contributed by atoms with Crippen molar-refractivity contribution in [1.82, 2.24) is 4.90 Å². The first kappa shape index (κ1) is 17.0. The zero-order chi connectivity index (χ0) is 18.0. The van der Waals surface area contributed by atoms with Gasteiger partial charge in [0, 0.05) is 0 Å². The van der Waals surface area contributed by atoms with Gasteiger partial charge >= 0.3 is 6.09 Å². The Bertz CT molecular complexity index is 721. The van der Waals surface area contributed by atoms with Crippen LogP contribution in [-0.2, 0) is 9.53 Å². The van der Waals surface area contributed by atoms with Crippen molar-refractivity contribution in [3.63, 3.8) is 0 Å². The minimum absolute atomic E-state index is 0.177. The van der Waals surface area contributed by atoms with E-state index >= 15 is 0 Å². The molecule has 0 aromatic heterocycles. The maximum Gasteiger partial charge on any atom is 0.417 e. The lowest BCUT2D eigenvalue weighted by molar-refractivity contribution is -0.135. The van der Waals surface area contributed by atoms with Gasteiger partial charge in [0.2, 0.25) is 5.91 Å².